The van der Waals surface area contributed by atoms with E-state index in [0.717, 1.165) is 32.5 Å². The minimum atomic E-state index is 0.518. The van der Waals surface area contributed by atoms with Gasteiger partial charge in [-0.25, -0.2) is 9.97 Å². The lowest BCUT2D eigenvalue weighted by Crippen LogP contribution is -2.01. The van der Waals surface area contributed by atoms with Crippen molar-refractivity contribution in [2.45, 2.75) is 20.8 Å². The van der Waals surface area contributed by atoms with Crippen molar-refractivity contribution in [3.8, 4) is 5.69 Å². The van der Waals surface area contributed by atoms with Crippen LogP contribution < -0.4 is 5.73 Å². The summed E-state index contributed by atoms with van der Waals surface area (Å²) in [5, 5.41) is 1.58. The van der Waals surface area contributed by atoms with Gasteiger partial charge in [-0.15, -0.1) is 0 Å². The number of halogens is 2. The van der Waals surface area contributed by atoms with Crippen LogP contribution in [-0.4, -0.2) is 14.5 Å². The number of nitrogens with zero attached hydrogens (tertiary/aromatic N) is 3. The van der Waals surface area contributed by atoms with E-state index in [-0.39, 0.29) is 0 Å². The van der Waals surface area contributed by atoms with Crippen LogP contribution >= 0.6 is 27.5 Å². The van der Waals surface area contributed by atoms with Gasteiger partial charge in [-0.1, -0.05) is 11.6 Å². The van der Waals surface area contributed by atoms with E-state index in [0.29, 0.717) is 16.7 Å². The van der Waals surface area contributed by atoms with Gasteiger partial charge in [0.25, 0.3) is 0 Å². The molecule has 6 heteroatoms. The van der Waals surface area contributed by atoms with Crippen molar-refractivity contribution in [3.05, 3.63) is 44.8 Å². The van der Waals surface area contributed by atoms with Crippen LogP contribution in [0, 0.1) is 20.8 Å². The van der Waals surface area contributed by atoms with Crippen LogP contribution in [0.25, 0.3) is 16.7 Å². The summed E-state index contributed by atoms with van der Waals surface area (Å²) in [7, 11) is 0. The number of rotatable bonds is 1. The van der Waals surface area contributed by atoms with Gasteiger partial charge < -0.3 is 5.73 Å². The molecule has 0 aliphatic rings. The first-order valence-corrected chi connectivity index (χ1v) is 7.64. The molecule has 0 aliphatic heterocycles. The molecule has 3 rings (SSSR count). The Morgan fingerprint density at radius 1 is 1.19 bits per heavy atom. The molecular formula is C15H14BrClN4. The molecule has 2 N–H and O–H groups in total. The smallest absolute Gasteiger partial charge is 0.150 e. The van der Waals surface area contributed by atoms with Gasteiger partial charge in [-0.3, -0.25) is 4.57 Å². The normalized spacial score (nSPS) is 11.3. The fraction of sp³-hybridized carbons (Fsp3) is 0.200. The zero-order chi connectivity index (χ0) is 15.3. The van der Waals surface area contributed by atoms with Crippen molar-refractivity contribution in [1.82, 2.24) is 14.5 Å². The predicted molar refractivity (Wildman–Crippen MR) is 90.2 cm³/mol. The minimum absolute atomic E-state index is 0.518. The van der Waals surface area contributed by atoms with Crippen molar-refractivity contribution in [2.75, 3.05) is 5.73 Å². The molecule has 0 amide bonds. The molecule has 4 nitrogen and oxygen atoms in total. The maximum atomic E-state index is 6.08. The maximum absolute atomic E-state index is 6.08. The fourth-order valence-corrected chi connectivity index (χ4v) is 3.03. The minimum Gasteiger partial charge on any atom is -0.383 e. The van der Waals surface area contributed by atoms with Crippen LogP contribution in [-0.2, 0) is 0 Å². The topological polar surface area (TPSA) is 56.7 Å². The van der Waals surface area contributed by atoms with Gasteiger partial charge in [-0.2, -0.15) is 0 Å². The van der Waals surface area contributed by atoms with Crippen LogP contribution in [0.5, 0.6) is 0 Å². The number of hydrogen-bond acceptors (Lipinski definition) is 3. The van der Waals surface area contributed by atoms with Crippen LogP contribution in [0.1, 0.15) is 17.1 Å². The summed E-state index contributed by atoms with van der Waals surface area (Å²) >= 11 is 9.55. The van der Waals surface area contributed by atoms with Crippen LogP contribution in [0.2, 0.25) is 5.02 Å². The van der Waals surface area contributed by atoms with E-state index in [1.807, 2.05) is 39.0 Å². The molecule has 2 aromatic heterocycles. The average Bonchev–Trinajstić information content (AvgIpc) is 2.65. The van der Waals surface area contributed by atoms with Gasteiger partial charge in [0.2, 0.25) is 0 Å². The standard InChI is InChI=1S/C15H14BrClN4/c1-7-8(2)21(10-4-5-12(17)11(16)6-10)15-13(7)14(18)19-9(3)20-15/h4-6H,1-3H3,(H2,18,19,20). The molecular weight excluding hydrogens is 352 g/mol. The Morgan fingerprint density at radius 2 is 1.90 bits per heavy atom. The van der Waals surface area contributed by atoms with Gasteiger partial charge in [0.1, 0.15) is 11.6 Å². The third-order valence-corrected chi connectivity index (χ3v) is 4.87. The van der Waals surface area contributed by atoms with E-state index in [9.17, 15) is 0 Å². The molecule has 0 aliphatic carbocycles. The Kier molecular flexibility index (Phi) is 3.42. The van der Waals surface area contributed by atoms with Crippen molar-refractivity contribution in [1.29, 1.82) is 0 Å². The molecule has 0 spiro atoms. The second-order valence-corrected chi connectivity index (χ2v) is 6.26. The highest BCUT2D eigenvalue weighted by atomic mass is 79.9. The van der Waals surface area contributed by atoms with E-state index in [1.165, 1.54) is 0 Å². The Balaban J connectivity index is 2.42. The lowest BCUT2D eigenvalue weighted by molar-refractivity contribution is 0.995. The molecule has 0 saturated carbocycles. The van der Waals surface area contributed by atoms with E-state index in [1.54, 1.807) is 0 Å². The van der Waals surface area contributed by atoms with Crippen molar-refractivity contribution >= 4 is 44.4 Å². The second kappa shape index (κ2) is 5.00. The number of nitrogen functional groups attached to an aromatic ring is 1. The number of hydrogen-bond donors (Lipinski definition) is 1. The van der Waals surface area contributed by atoms with E-state index >= 15 is 0 Å². The van der Waals surface area contributed by atoms with Gasteiger partial charge in [0, 0.05) is 15.9 Å². The quantitative estimate of drug-likeness (QED) is 0.697. The molecule has 21 heavy (non-hydrogen) atoms. The van der Waals surface area contributed by atoms with Crippen molar-refractivity contribution < 1.29 is 0 Å². The molecule has 0 bridgehead atoms. The summed E-state index contributed by atoms with van der Waals surface area (Å²) < 4.78 is 2.93. The molecule has 0 radical (unpaired) electrons. The molecule has 1 aromatic carbocycles. The Labute approximate surface area is 136 Å². The first-order valence-electron chi connectivity index (χ1n) is 6.47. The highest BCUT2D eigenvalue weighted by Crippen LogP contribution is 2.32. The lowest BCUT2D eigenvalue weighted by atomic mass is 10.2. The molecule has 0 fully saturated rings. The Morgan fingerprint density at radius 3 is 2.57 bits per heavy atom. The molecule has 0 unspecified atom stereocenters. The second-order valence-electron chi connectivity index (χ2n) is 5.00. The Hall–Kier alpha value is -1.59. The lowest BCUT2D eigenvalue weighted by Gasteiger charge is -2.09. The third kappa shape index (κ3) is 2.21. The maximum Gasteiger partial charge on any atom is 0.150 e. The number of fused-ring (bicyclic) bond motifs is 1. The van der Waals surface area contributed by atoms with Crippen LogP contribution in [0.3, 0.4) is 0 Å². The summed E-state index contributed by atoms with van der Waals surface area (Å²) in [6.45, 7) is 5.93. The summed E-state index contributed by atoms with van der Waals surface area (Å²) in [6, 6.07) is 5.80. The van der Waals surface area contributed by atoms with Gasteiger partial charge in [-0.05, 0) is 60.5 Å². The predicted octanol–water partition coefficient (Wildman–Crippen LogP) is 4.34. The summed E-state index contributed by atoms with van der Waals surface area (Å²) in [5.74, 6) is 1.18. The largest absolute Gasteiger partial charge is 0.383 e. The SMILES string of the molecule is Cc1nc(N)c2c(C)c(C)n(-c3ccc(Cl)c(Br)c3)c2n1. The highest BCUT2D eigenvalue weighted by Gasteiger charge is 2.17. The number of benzene rings is 1. The van der Waals surface area contributed by atoms with Crippen LogP contribution in [0.4, 0.5) is 5.82 Å². The third-order valence-electron chi connectivity index (χ3n) is 3.66. The number of anilines is 1. The van der Waals surface area contributed by atoms with Crippen molar-refractivity contribution in [3.63, 3.8) is 0 Å². The highest BCUT2D eigenvalue weighted by molar-refractivity contribution is 9.10. The van der Waals surface area contributed by atoms with Gasteiger partial charge >= 0.3 is 0 Å². The fourth-order valence-electron chi connectivity index (χ4n) is 2.55. The van der Waals surface area contributed by atoms with Gasteiger partial charge in [0.05, 0.1) is 10.4 Å². The zero-order valence-electron chi connectivity index (χ0n) is 11.9. The van der Waals surface area contributed by atoms with Crippen LogP contribution in [0.15, 0.2) is 22.7 Å². The molecule has 0 saturated heterocycles. The number of nitrogens with two attached hydrogens (primary N) is 1. The molecule has 3 aromatic rings. The van der Waals surface area contributed by atoms with E-state index in [2.05, 4.69) is 30.5 Å². The summed E-state index contributed by atoms with van der Waals surface area (Å²) in [5.41, 5.74) is 10.1. The number of aromatic nitrogens is 3. The average molecular weight is 366 g/mol. The number of aryl methyl sites for hydroxylation is 2. The van der Waals surface area contributed by atoms with E-state index in [4.69, 9.17) is 17.3 Å². The van der Waals surface area contributed by atoms with Crippen molar-refractivity contribution in [2.24, 2.45) is 0 Å². The van der Waals surface area contributed by atoms with E-state index < -0.39 is 0 Å². The molecule has 2 heterocycles. The first kappa shape index (κ1) is 14.4. The first-order chi connectivity index (χ1) is 9.90. The zero-order valence-corrected chi connectivity index (χ0v) is 14.2. The summed E-state index contributed by atoms with van der Waals surface area (Å²) in [6.07, 6.45) is 0. The molecule has 108 valence electrons. The monoisotopic (exact) mass is 364 g/mol. The molecule has 0 atom stereocenters. The van der Waals surface area contributed by atoms with Gasteiger partial charge in [0.15, 0.2) is 5.65 Å². The Bertz CT molecular complexity index is 870. The summed E-state index contributed by atoms with van der Waals surface area (Å²) in [4.78, 5) is 8.84.